The first-order chi connectivity index (χ1) is 12.6. The van der Waals surface area contributed by atoms with Crippen molar-refractivity contribution in [1.82, 2.24) is 0 Å². The van der Waals surface area contributed by atoms with Crippen LogP contribution in [0.3, 0.4) is 0 Å². The van der Waals surface area contributed by atoms with Crippen molar-refractivity contribution in [2.75, 3.05) is 30.4 Å². The van der Waals surface area contributed by atoms with Gasteiger partial charge in [0, 0.05) is 30.8 Å². The minimum absolute atomic E-state index is 0.0163. The van der Waals surface area contributed by atoms with Gasteiger partial charge in [-0.15, -0.1) is 0 Å². The Hall–Kier alpha value is -3.09. The fraction of sp³-hybridized carbons (Fsp3) is 0.316. The molecule has 3 rings (SSSR count). The number of amides is 1. The maximum Gasteiger partial charge on any atom is 0.292 e. The number of piperidine rings is 1. The number of nitro benzene ring substituents is 1. The van der Waals surface area contributed by atoms with Crippen LogP contribution in [-0.4, -0.2) is 31.0 Å². The third-order valence-electron chi connectivity index (χ3n) is 4.64. The topological polar surface area (TPSA) is 84.7 Å². The van der Waals surface area contributed by atoms with Crippen molar-refractivity contribution in [1.29, 1.82) is 0 Å². The largest absolute Gasteiger partial charge is 0.497 e. The smallest absolute Gasteiger partial charge is 0.292 e. The van der Waals surface area contributed by atoms with Crippen LogP contribution < -0.4 is 15.0 Å². The summed E-state index contributed by atoms with van der Waals surface area (Å²) in [5, 5.41) is 14.1. The summed E-state index contributed by atoms with van der Waals surface area (Å²) >= 11 is 0. The van der Waals surface area contributed by atoms with Gasteiger partial charge < -0.3 is 15.0 Å². The van der Waals surface area contributed by atoms with Gasteiger partial charge in [0.1, 0.15) is 11.4 Å². The Morgan fingerprint density at radius 2 is 1.81 bits per heavy atom. The fourth-order valence-corrected chi connectivity index (χ4v) is 3.19. The second-order valence-corrected chi connectivity index (χ2v) is 6.22. The average molecular weight is 355 g/mol. The maximum atomic E-state index is 12.5. The normalized spacial score (nSPS) is 14.7. The SMILES string of the molecule is COc1ccc(NC(=O)C2CCN(c3ccccc3[N+](=O)[O-])CC2)cc1. The van der Waals surface area contributed by atoms with Gasteiger partial charge >= 0.3 is 0 Å². The van der Waals surface area contributed by atoms with Gasteiger partial charge in [0.05, 0.1) is 12.0 Å². The van der Waals surface area contributed by atoms with Crippen molar-refractivity contribution in [2.24, 2.45) is 5.92 Å². The van der Waals surface area contributed by atoms with Crippen LogP contribution in [0.25, 0.3) is 0 Å². The minimum Gasteiger partial charge on any atom is -0.497 e. The molecule has 2 aromatic rings. The summed E-state index contributed by atoms with van der Waals surface area (Å²) in [7, 11) is 1.60. The molecule has 0 unspecified atom stereocenters. The lowest BCUT2D eigenvalue weighted by Crippen LogP contribution is -2.38. The number of anilines is 2. The number of rotatable bonds is 5. The summed E-state index contributed by atoms with van der Waals surface area (Å²) in [6, 6.07) is 13.9. The molecule has 0 saturated carbocycles. The molecule has 7 nitrogen and oxygen atoms in total. The van der Waals surface area contributed by atoms with E-state index >= 15 is 0 Å². The first kappa shape index (κ1) is 17.7. The van der Waals surface area contributed by atoms with Gasteiger partial charge in [0.25, 0.3) is 5.69 Å². The quantitative estimate of drug-likeness (QED) is 0.656. The number of benzene rings is 2. The summed E-state index contributed by atoms with van der Waals surface area (Å²) < 4.78 is 5.10. The zero-order valence-corrected chi connectivity index (χ0v) is 14.6. The number of carbonyl (C=O) groups excluding carboxylic acids is 1. The van der Waals surface area contributed by atoms with Crippen LogP contribution in [0.1, 0.15) is 12.8 Å². The summed E-state index contributed by atoms with van der Waals surface area (Å²) in [5.74, 6) is 0.620. The highest BCUT2D eigenvalue weighted by molar-refractivity contribution is 5.92. The molecule has 26 heavy (non-hydrogen) atoms. The predicted molar refractivity (Wildman–Crippen MR) is 99.7 cm³/mol. The molecule has 0 bridgehead atoms. The van der Waals surface area contributed by atoms with Crippen LogP contribution in [-0.2, 0) is 4.79 Å². The Kier molecular flexibility index (Phi) is 5.36. The molecular weight excluding hydrogens is 334 g/mol. The standard InChI is InChI=1S/C19H21N3O4/c1-26-16-8-6-15(7-9-16)20-19(23)14-10-12-21(13-11-14)17-4-2-3-5-18(17)22(24)25/h2-9,14H,10-13H2,1H3,(H,20,23). The average Bonchev–Trinajstić information content (AvgIpc) is 2.68. The number of methoxy groups -OCH3 is 1. The molecule has 0 aliphatic carbocycles. The lowest BCUT2D eigenvalue weighted by atomic mass is 9.95. The second kappa shape index (κ2) is 7.86. The molecule has 1 N–H and O–H groups in total. The first-order valence-corrected chi connectivity index (χ1v) is 8.52. The zero-order chi connectivity index (χ0) is 18.5. The van der Waals surface area contributed by atoms with Gasteiger partial charge in [-0.05, 0) is 43.2 Å². The van der Waals surface area contributed by atoms with E-state index in [2.05, 4.69) is 5.32 Å². The molecule has 1 saturated heterocycles. The molecule has 1 aliphatic heterocycles. The number of carbonyl (C=O) groups is 1. The molecule has 0 spiro atoms. The van der Waals surface area contributed by atoms with E-state index in [1.165, 1.54) is 6.07 Å². The van der Waals surface area contributed by atoms with Crippen LogP contribution >= 0.6 is 0 Å². The predicted octanol–water partition coefficient (Wildman–Crippen LogP) is 3.46. The number of nitro groups is 1. The van der Waals surface area contributed by atoms with Crippen LogP contribution in [0.4, 0.5) is 17.1 Å². The molecule has 0 aromatic heterocycles. The number of hydrogen-bond acceptors (Lipinski definition) is 5. The molecule has 7 heteroatoms. The molecular formula is C19H21N3O4. The Morgan fingerprint density at radius 1 is 1.15 bits per heavy atom. The van der Waals surface area contributed by atoms with Crippen molar-refractivity contribution >= 4 is 23.0 Å². The molecule has 0 atom stereocenters. The third kappa shape index (κ3) is 3.93. The summed E-state index contributed by atoms with van der Waals surface area (Å²) in [5.41, 5.74) is 1.46. The van der Waals surface area contributed by atoms with Gasteiger partial charge in [0.2, 0.25) is 5.91 Å². The number of ether oxygens (including phenoxy) is 1. The number of para-hydroxylation sites is 2. The molecule has 136 valence electrons. The number of hydrogen-bond donors (Lipinski definition) is 1. The summed E-state index contributed by atoms with van der Waals surface area (Å²) in [6.07, 6.45) is 1.32. The highest BCUT2D eigenvalue weighted by Crippen LogP contribution is 2.31. The van der Waals surface area contributed by atoms with Crippen LogP contribution in [0, 0.1) is 16.0 Å². The Morgan fingerprint density at radius 3 is 2.42 bits per heavy atom. The van der Waals surface area contributed by atoms with E-state index in [1.54, 1.807) is 49.6 Å². The van der Waals surface area contributed by atoms with Gasteiger partial charge in [-0.1, -0.05) is 12.1 Å². The van der Waals surface area contributed by atoms with Crippen molar-refractivity contribution < 1.29 is 14.5 Å². The molecule has 1 amide bonds. The number of nitrogens with one attached hydrogen (secondary N) is 1. The lowest BCUT2D eigenvalue weighted by Gasteiger charge is -2.32. The van der Waals surface area contributed by atoms with Gasteiger partial charge in [-0.25, -0.2) is 0 Å². The highest BCUT2D eigenvalue weighted by atomic mass is 16.6. The van der Waals surface area contributed by atoms with Crippen molar-refractivity contribution in [3.05, 3.63) is 58.6 Å². The Balaban J connectivity index is 1.59. The van der Waals surface area contributed by atoms with E-state index in [1.807, 2.05) is 4.90 Å². The molecule has 1 aliphatic rings. The second-order valence-electron chi connectivity index (χ2n) is 6.22. The molecule has 0 radical (unpaired) electrons. The van der Waals surface area contributed by atoms with Crippen molar-refractivity contribution in [2.45, 2.75) is 12.8 Å². The van der Waals surface area contributed by atoms with Crippen LogP contribution in [0.2, 0.25) is 0 Å². The van der Waals surface area contributed by atoms with Crippen molar-refractivity contribution in [3.63, 3.8) is 0 Å². The summed E-state index contributed by atoms with van der Waals surface area (Å²) in [6.45, 7) is 1.23. The zero-order valence-electron chi connectivity index (χ0n) is 14.6. The monoisotopic (exact) mass is 355 g/mol. The van der Waals surface area contributed by atoms with E-state index in [9.17, 15) is 14.9 Å². The first-order valence-electron chi connectivity index (χ1n) is 8.52. The van der Waals surface area contributed by atoms with Crippen molar-refractivity contribution in [3.8, 4) is 5.75 Å². The van der Waals surface area contributed by atoms with E-state index in [4.69, 9.17) is 4.74 Å². The Labute approximate surface area is 151 Å². The van der Waals surface area contributed by atoms with E-state index in [0.717, 1.165) is 11.4 Å². The van der Waals surface area contributed by atoms with E-state index < -0.39 is 0 Å². The van der Waals surface area contributed by atoms with Gasteiger partial charge in [-0.3, -0.25) is 14.9 Å². The van der Waals surface area contributed by atoms with Crippen LogP contribution in [0.5, 0.6) is 5.75 Å². The minimum atomic E-state index is -0.363. The van der Waals surface area contributed by atoms with Gasteiger partial charge in [0.15, 0.2) is 0 Å². The van der Waals surface area contributed by atoms with E-state index in [0.29, 0.717) is 31.6 Å². The fourth-order valence-electron chi connectivity index (χ4n) is 3.19. The van der Waals surface area contributed by atoms with E-state index in [-0.39, 0.29) is 22.4 Å². The molecule has 2 aromatic carbocycles. The Bertz CT molecular complexity index is 784. The lowest BCUT2D eigenvalue weighted by molar-refractivity contribution is -0.384. The molecule has 1 heterocycles. The number of nitrogens with zero attached hydrogens (tertiary/aromatic N) is 2. The third-order valence-corrected chi connectivity index (χ3v) is 4.64. The highest BCUT2D eigenvalue weighted by Gasteiger charge is 2.28. The summed E-state index contributed by atoms with van der Waals surface area (Å²) in [4.78, 5) is 25.3. The molecule has 1 fully saturated rings. The van der Waals surface area contributed by atoms with Crippen LogP contribution in [0.15, 0.2) is 48.5 Å². The van der Waals surface area contributed by atoms with Gasteiger partial charge in [-0.2, -0.15) is 0 Å². The maximum absolute atomic E-state index is 12.5.